The van der Waals surface area contributed by atoms with Gasteiger partial charge in [0.25, 0.3) is 0 Å². The molecular formula is C14H18FNO. The summed E-state index contributed by atoms with van der Waals surface area (Å²) < 4.78 is 13.3. The van der Waals surface area contributed by atoms with Crippen molar-refractivity contribution < 1.29 is 9.18 Å². The van der Waals surface area contributed by atoms with Crippen LogP contribution in [0.5, 0.6) is 0 Å². The van der Waals surface area contributed by atoms with Gasteiger partial charge in [-0.3, -0.25) is 4.79 Å². The number of benzene rings is 1. The molecule has 1 heterocycles. The van der Waals surface area contributed by atoms with E-state index >= 15 is 0 Å². The number of halogens is 1. The van der Waals surface area contributed by atoms with Crippen molar-refractivity contribution in [2.24, 2.45) is 0 Å². The molecular weight excluding hydrogens is 217 g/mol. The van der Waals surface area contributed by atoms with Crippen molar-refractivity contribution in [3.8, 4) is 0 Å². The van der Waals surface area contributed by atoms with Crippen LogP contribution in [0.15, 0.2) is 18.2 Å². The molecule has 0 unspecified atom stereocenters. The third kappa shape index (κ3) is 1.94. The lowest BCUT2D eigenvalue weighted by molar-refractivity contribution is -0.117. The van der Waals surface area contributed by atoms with Crippen molar-refractivity contribution in [2.45, 2.75) is 45.6 Å². The average Bonchev–Trinajstić information content (AvgIpc) is 2.17. The Hall–Kier alpha value is -1.38. The predicted molar refractivity (Wildman–Crippen MR) is 66.7 cm³/mol. The Kier molecular flexibility index (Phi) is 2.72. The number of amides is 1. The number of carbonyl (C=O) groups excluding carboxylic acids is 1. The van der Waals surface area contributed by atoms with E-state index in [2.05, 4.69) is 20.8 Å². The second kappa shape index (κ2) is 3.83. The molecule has 0 saturated carbocycles. The first kappa shape index (κ1) is 12.1. The minimum Gasteiger partial charge on any atom is -0.307 e. The highest BCUT2D eigenvalue weighted by Crippen LogP contribution is 2.43. The lowest BCUT2D eigenvalue weighted by Gasteiger charge is -2.45. The van der Waals surface area contributed by atoms with Gasteiger partial charge >= 0.3 is 0 Å². The second-order valence-corrected chi connectivity index (χ2v) is 5.48. The van der Waals surface area contributed by atoms with Crippen molar-refractivity contribution in [3.63, 3.8) is 0 Å². The van der Waals surface area contributed by atoms with Crippen LogP contribution in [-0.4, -0.2) is 11.4 Å². The maximum Gasteiger partial charge on any atom is 0.224 e. The minimum absolute atomic E-state index is 0.00904. The number of nitrogens with zero attached hydrogens (tertiary/aromatic N) is 1. The summed E-state index contributed by atoms with van der Waals surface area (Å²) in [5.41, 5.74) is 1.57. The van der Waals surface area contributed by atoms with Gasteiger partial charge < -0.3 is 4.90 Å². The zero-order chi connectivity index (χ0) is 12.8. The van der Waals surface area contributed by atoms with Crippen molar-refractivity contribution in [2.75, 3.05) is 4.90 Å². The number of hydrogen-bond acceptors (Lipinski definition) is 1. The van der Waals surface area contributed by atoms with E-state index < -0.39 is 0 Å². The molecule has 1 amide bonds. The molecule has 1 aromatic carbocycles. The highest BCUT2D eigenvalue weighted by molar-refractivity contribution is 5.94. The van der Waals surface area contributed by atoms with E-state index in [-0.39, 0.29) is 23.2 Å². The summed E-state index contributed by atoms with van der Waals surface area (Å²) in [6.07, 6.45) is 0.850. The SMILES string of the molecule is CC(=O)N1c2ccc(F)cc2[C@@H](C)CC1(C)C. The maximum absolute atomic E-state index is 13.3. The summed E-state index contributed by atoms with van der Waals surface area (Å²) in [5.74, 6) is 0.0415. The Bertz CT molecular complexity index is 467. The largest absolute Gasteiger partial charge is 0.307 e. The molecule has 1 aliphatic rings. The molecule has 0 bridgehead atoms. The second-order valence-electron chi connectivity index (χ2n) is 5.48. The lowest BCUT2D eigenvalue weighted by Crippen LogP contribution is -2.50. The van der Waals surface area contributed by atoms with Crippen molar-refractivity contribution in [1.82, 2.24) is 0 Å². The number of rotatable bonds is 0. The Morgan fingerprint density at radius 1 is 1.47 bits per heavy atom. The lowest BCUT2D eigenvalue weighted by atomic mass is 9.80. The molecule has 1 aromatic rings. The summed E-state index contributed by atoms with van der Waals surface area (Å²) in [7, 11) is 0. The predicted octanol–water partition coefficient (Wildman–Crippen LogP) is 3.46. The summed E-state index contributed by atoms with van der Waals surface area (Å²) in [6.45, 7) is 7.75. The Morgan fingerprint density at radius 3 is 2.71 bits per heavy atom. The van der Waals surface area contributed by atoms with Crippen LogP contribution >= 0.6 is 0 Å². The first-order valence-corrected chi connectivity index (χ1v) is 5.93. The van der Waals surface area contributed by atoms with Crippen LogP contribution in [0.3, 0.4) is 0 Å². The molecule has 0 radical (unpaired) electrons. The molecule has 3 heteroatoms. The fourth-order valence-electron chi connectivity index (χ4n) is 3.00. The summed E-state index contributed by atoms with van der Waals surface area (Å²) in [6, 6.07) is 4.68. The normalized spacial score (nSPS) is 22.2. The smallest absolute Gasteiger partial charge is 0.224 e. The van der Waals surface area contributed by atoms with Crippen LogP contribution in [0, 0.1) is 5.82 Å². The number of carbonyl (C=O) groups is 1. The maximum atomic E-state index is 13.3. The Balaban J connectivity index is 2.61. The third-order valence-corrected chi connectivity index (χ3v) is 3.49. The van der Waals surface area contributed by atoms with E-state index in [1.807, 2.05) is 0 Å². The summed E-state index contributed by atoms with van der Waals surface area (Å²) in [5, 5.41) is 0. The van der Waals surface area contributed by atoms with E-state index in [4.69, 9.17) is 0 Å². The summed E-state index contributed by atoms with van der Waals surface area (Å²) >= 11 is 0. The third-order valence-electron chi connectivity index (χ3n) is 3.49. The topological polar surface area (TPSA) is 20.3 Å². The van der Waals surface area contributed by atoms with Gasteiger partial charge in [0.15, 0.2) is 0 Å². The van der Waals surface area contributed by atoms with Crippen molar-refractivity contribution in [1.29, 1.82) is 0 Å². The van der Waals surface area contributed by atoms with E-state index in [1.54, 1.807) is 24.0 Å². The molecule has 1 atom stereocenters. The fourth-order valence-corrected chi connectivity index (χ4v) is 3.00. The molecule has 0 saturated heterocycles. The zero-order valence-corrected chi connectivity index (χ0v) is 10.7. The Labute approximate surface area is 101 Å². The molecule has 0 aliphatic carbocycles. The van der Waals surface area contributed by atoms with E-state index in [0.717, 1.165) is 17.7 Å². The molecule has 0 N–H and O–H groups in total. The van der Waals surface area contributed by atoms with Gasteiger partial charge in [0, 0.05) is 18.2 Å². The van der Waals surface area contributed by atoms with Gasteiger partial charge in [-0.05, 0) is 49.9 Å². The van der Waals surface area contributed by atoms with Gasteiger partial charge in [-0.15, -0.1) is 0 Å². The molecule has 92 valence electrons. The van der Waals surface area contributed by atoms with E-state index in [1.165, 1.54) is 6.07 Å². The van der Waals surface area contributed by atoms with Crippen molar-refractivity contribution >= 4 is 11.6 Å². The molecule has 2 rings (SSSR count). The number of hydrogen-bond donors (Lipinski definition) is 0. The molecule has 0 aromatic heterocycles. The van der Waals surface area contributed by atoms with Crippen LogP contribution in [0.25, 0.3) is 0 Å². The number of anilines is 1. The van der Waals surface area contributed by atoms with Gasteiger partial charge in [0.05, 0.1) is 0 Å². The van der Waals surface area contributed by atoms with Crippen LogP contribution in [0.2, 0.25) is 0 Å². The van der Waals surface area contributed by atoms with Gasteiger partial charge in [-0.25, -0.2) is 4.39 Å². The first-order chi connectivity index (χ1) is 7.83. The monoisotopic (exact) mass is 235 g/mol. The summed E-state index contributed by atoms with van der Waals surface area (Å²) in [4.78, 5) is 13.6. The van der Waals surface area contributed by atoms with E-state index in [9.17, 15) is 9.18 Å². The van der Waals surface area contributed by atoms with Crippen LogP contribution in [0.1, 0.15) is 45.6 Å². The quantitative estimate of drug-likeness (QED) is 0.674. The van der Waals surface area contributed by atoms with E-state index in [0.29, 0.717) is 0 Å². The average molecular weight is 235 g/mol. The minimum atomic E-state index is -0.237. The highest BCUT2D eigenvalue weighted by atomic mass is 19.1. The standard InChI is InChI=1S/C14H18FNO/c1-9-8-14(3,4)16(10(2)17)13-6-5-11(15)7-12(9)13/h5-7,9H,8H2,1-4H3/t9-/m0/s1. The van der Waals surface area contributed by atoms with Gasteiger partial charge in [-0.1, -0.05) is 6.92 Å². The van der Waals surface area contributed by atoms with Crippen LogP contribution in [0.4, 0.5) is 10.1 Å². The van der Waals surface area contributed by atoms with Gasteiger partial charge in [0.1, 0.15) is 5.82 Å². The van der Waals surface area contributed by atoms with Crippen molar-refractivity contribution in [3.05, 3.63) is 29.6 Å². The van der Waals surface area contributed by atoms with Crippen LogP contribution in [-0.2, 0) is 4.79 Å². The number of fused-ring (bicyclic) bond motifs is 1. The molecule has 0 spiro atoms. The van der Waals surface area contributed by atoms with Gasteiger partial charge in [-0.2, -0.15) is 0 Å². The molecule has 1 aliphatic heterocycles. The first-order valence-electron chi connectivity index (χ1n) is 5.93. The van der Waals surface area contributed by atoms with Crippen LogP contribution < -0.4 is 4.90 Å². The van der Waals surface area contributed by atoms with Gasteiger partial charge in [0.2, 0.25) is 5.91 Å². The molecule has 17 heavy (non-hydrogen) atoms. The molecule has 2 nitrogen and oxygen atoms in total. The highest BCUT2D eigenvalue weighted by Gasteiger charge is 2.38. The molecule has 0 fully saturated rings. The zero-order valence-electron chi connectivity index (χ0n) is 10.7. The Morgan fingerprint density at radius 2 is 2.12 bits per heavy atom. The fraction of sp³-hybridized carbons (Fsp3) is 0.500.